The number of benzene rings is 1. The van der Waals surface area contributed by atoms with Crippen LogP contribution in [0.1, 0.15) is 10.4 Å². The molecule has 0 saturated carbocycles. The van der Waals surface area contributed by atoms with Crippen molar-refractivity contribution in [2.45, 2.75) is 6.36 Å². The Labute approximate surface area is 105 Å². The first kappa shape index (κ1) is 15.3. The van der Waals surface area contributed by atoms with Gasteiger partial charge in [0.05, 0.1) is 12.7 Å². The SMILES string of the molecule is CONC(=O)c1cc(B(O)O)ccc1OC(F)(F)F. The molecule has 1 amide bonds. The van der Waals surface area contributed by atoms with Crippen molar-refractivity contribution in [1.82, 2.24) is 5.48 Å². The number of nitrogens with one attached hydrogen (secondary N) is 1. The minimum absolute atomic E-state index is 0.171. The predicted octanol–water partition coefficient (Wildman–Crippen LogP) is -0.444. The lowest BCUT2D eigenvalue weighted by Crippen LogP contribution is -2.32. The molecule has 0 fully saturated rings. The maximum absolute atomic E-state index is 12.1. The lowest BCUT2D eigenvalue weighted by atomic mass is 9.79. The van der Waals surface area contributed by atoms with Crippen LogP contribution in [0.4, 0.5) is 13.2 Å². The van der Waals surface area contributed by atoms with Crippen molar-refractivity contribution in [1.29, 1.82) is 0 Å². The second-order valence-electron chi connectivity index (χ2n) is 3.31. The van der Waals surface area contributed by atoms with Crippen molar-refractivity contribution in [2.75, 3.05) is 7.11 Å². The Morgan fingerprint density at radius 2 is 2.00 bits per heavy atom. The number of alkyl halides is 3. The van der Waals surface area contributed by atoms with Gasteiger partial charge in [-0.05, 0) is 17.6 Å². The van der Waals surface area contributed by atoms with Crippen molar-refractivity contribution in [3.05, 3.63) is 23.8 Å². The van der Waals surface area contributed by atoms with Gasteiger partial charge in [-0.25, -0.2) is 5.48 Å². The maximum atomic E-state index is 12.1. The number of hydrogen-bond acceptors (Lipinski definition) is 5. The highest BCUT2D eigenvalue weighted by molar-refractivity contribution is 6.58. The average molecular weight is 279 g/mol. The fraction of sp³-hybridized carbons (Fsp3) is 0.222. The summed E-state index contributed by atoms with van der Waals surface area (Å²) in [6, 6.07) is 2.63. The Kier molecular flexibility index (Phi) is 4.75. The number of amides is 1. The largest absolute Gasteiger partial charge is 0.573 e. The molecule has 0 aromatic heterocycles. The van der Waals surface area contributed by atoms with E-state index in [1.54, 1.807) is 5.48 Å². The van der Waals surface area contributed by atoms with Crippen LogP contribution in [0.5, 0.6) is 5.75 Å². The van der Waals surface area contributed by atoms with E-state index in [0.29, 0.717) is 0 Å². The molecule has 0 heterocycles. The molecule has 3 N–H and O–H groups in total. The zero-order chi connectivity index (χ0) is 14.6. The summed E-state index contributed by atoms with van der Waals surface area (Å²) in [6.45, 7) is 0. The molecule has 1 rings (SSSR count). The van der Waals surface area contributed by atoms with E-state index in [1.165, 1.54) is 0 Å². The van der Waals surface area contributed by atoms with E-state index in [-0.39, 0.29) is 5.46 Å². The van der Waals surface area contributed by atoms with Crippen LogP contribution in [0.25, 0.3) is 0 Å². The topological polar surface area (TPSA) is 88.0 Å². The van der Waals surface area contributed by atoms with Crippen molar-refractivity contribution >= 4 is 18.5 Å². The molecular weight excluding hydrogens is 270 g/mol. The van der Waals surface area contributed by atoms with Crippen molar-refractivity contribution < 1.29 is 37.6 Å². The summed E-state index contributed by atoms with van der Waals surface area (Å²) in [6.07, 6.45) is -4.98. The van der Waals surface area contributed by atoms with E-state index in [4.69, 9.17) is 10.0 Å². The van der Waals surface area contributed by atoms with Gasteiger partial charge < -0.3 is 14.8 Å². The van der Waals surface area contributed by atoms with Gasteiger partial charge in [0.25, 0.3) is 5.91 Å². The molecule has 0 spiro atoms. The third kappa shape index (κ3) is 4.43. The fourth-order valence-electron chi connectivity index (χ4n) is 1.25. The molecule has 0 radical (unpaired) electrons. The molecule has 104 valence electrons. The van der Waals surface area contributed by atoms with Crippen LogP contribution in [0.3, 0.4) is 0 Å². The summed E-state index contributed by atoms with van der Waals surface area (Å²) in [7, 11) is -0.846. The predicted molar refractivity (Wildman–Crippen MR) is 57.4 cm³/mol. The van der Waals surface area contributed by atoms with E-state index in [2.05, 4.69) is 9.57 Å². The summed E-state index contributed by atoms with van der Waals surface area (Å²) in [5, 5.41) is 17.8. The zero-order valence-corrected chi connectivity index (χ0v) is 9.56. The van der Waals surface area contributed by atoms with Gasteiger partial charge in [-0.15, -0.1) is 13.2 Å². The van der Waals surface area contributed by atoms with Crippen LogP contribution in [-0.2, 0) is 4.84 Å². The van der Waals surface area contributed by atoms with Crippen LogP contribution < -0.4 is 15.7 Å². The second-order valence-corrected chi connectivity index (χ2v) is 3.31. The first-order chi connectivity index (χ1) is 8.74. The third-order valence-corrected chi connectivity index (χ3v) is 1.97. The van der Waals surface area contributed by atoms with Gasteiger partial charge in [0.2, 0.25) is 0 Å². The number of hydroxylamine groups is 1. The van der Waals surface area contributed by atoms with E-state index in [1.807, 2.05) is 0 Å². The van der Waals surface area contributed by atoms with Crippen LogP contribution in [0.2, 0.25) is 0 Å². The summed E-state index contributed by atoms with van der Waals surface area (Å²) < 4.78 is 40.1. The molecule has 0 aliphatic rings. The first-order valence-electron chi connectivity index (χ1n) is 4.83. The van der Waals surface area contributed by atoms with E-state index in [9.17, 15) is 18.0 Å². The molecule has 1 aromatic rings. The molecular formula is C9H9BF3NO5. The molecule has 6 nitrogen and oxygen atoms in total. The lowest BCUT2D eigenvalue weighted by Gasteiger charge is -2.13. The van der Waals surface area contributed by atoms with Crippen LogP contribution in [0, 0.1) is 0 Å². The first-order valence-corrected chi connectivity index (χ1v) is 4.83. The Bertz CT molecular complexity index is 466. The highest BCUT2D eigenvalue weighted by atomic mass is 19.4. The number of rotatable bonds is 4. The van der Waals surface area contributed by atoms with Gasteiger partial charge in [-0.1, -0.05) is 6.07 Å². The van der Waals surface area contributed by atoms with Crippen LogP contribution in [0.15, 0.2) is 18.2 Å². The molecule has 19 heavy (non-hydrogen) atoms. The highest BCUT2D eigenvalue weighted by Gasteiger charge is 2.33. The number of hydrogen-bond donors (Lipinski definition) is 3. The summed E-state index contributed by atoms with van der Waals surface area (Å²) in [5.41, 5.74) is 1.08. The smallest absolute Gasteiger partial charge is 0.423 e. The molecule has 10 heteroatoms. The van der Waals surface area contributed by atoms with Gasteiger partial charge >= 0.3 is 13.5 Å². The quantitative estimate of drug-likeness (QED) is 0.513. The molecule has 0 unspecified atom stereocenters. The van der Waals surface area contributed by atoms with E-state index in [0.717, 1.165) is 25.3 Å². The Morgan fingerprint density at radius 3 is 2.47 bits per heavy atom. The monoisotopic (exact) mass is 279 g/mol. The average Bonchev–Trinajstić information content (AvgIpc) is 2.27. The zero-order valence-electron chi connectivity index (χ0n) is 9.56. The maximum Gasteiger partial charge on any atom is 0.573 e. The molecule has 1 aromatic carbocycles. The Balaban J connectivity index is 3.18. The molecule has 0 bridgehead atoms. The van der Waals surface area contributed by atoms with Gasteiger partial charge in [0.1, 0.15) is 5.75 Å². The van der Waals surface area contributed by atoms with Crippen molar-refractivity contribution in [2.24, 2.45) is 0 Å². The molecule has 0 atom stereocenters. The summed E-state index contributed by atoms with van der Waals surface area (Å²) in [5.74, 6) is -1.81. The second kappa shape index (κ2) is 5.91. The standard InChI is InChI=1S/C9H9BF3NO5/c1-18-14-8(15)6-4-5(10(16)17)2-3-7(6)19-9(11,12)13/h2-4,16-17H,1H3,(H,14,15). The number of halogens is 3. The van der Waals surface area contributed by atoms with Crippen molar-refractivity contribution in [3.8, 4) is 5.75 Å². The molecule has 0 aliphatic heterocycles. The number of carbonyl (C=O) groups excluding carboxylic acids is 1. The fourth-order valence-corrected chi connectivity index (χ4v) is 1.25. The van der Waals surface area contributed by atoms with Gasteiger partial charge in [0, 0.05) is 0 Å². The van der Waals surface area contributed by atoms with Gasteiger partial charge in [-0.2, -0.15) is 0 Å². The van der Waals surface area contributed by atoms with E-state index < -0.39 is 30.7 Å². The highest BCUT2D eigenvalue weighted by Crippen LogP contribution is 2.25. The van der Waals surface area contributed by atoms with Crippen LogP contribution in [-0.4, -0.2) is 36.5 Å². The minimum atomic E-state index is -4.98. The summed E-state index contributed by atoms with van der Waals surface area (Å²) >= 11 is 0. The normalized spacial score (nSPS) is 11.1. The lowest BCUT2D eigenvalue weighted by molar-refractivity contribution is -0.274. The number of carbonyl (C=O) groups is 1. The van der Waals surface area contributed by atoms with Crippen molar-refractivity contribution in [3.63, 3.8) is 0 Å². The Morgan fingerprint density at radius 1 is 1.37 bits per heavy atom. The van der Waals surface area contributed by atoms with Crippen LogP contribution >= 0.6 is 0 Å². The summed E-state index contributed by atoms with van der Waals surface area (Å²) in [4.78, 5) is 15.8. The minimum Gasteiger partial charge on any atom is -0.423 e. The Hall–Kier alpha value is -1.78. The number of ether oxygens (including phenoxy) is 1. The van der Waals surface area contributed by atoms with Gasteiger partial charge in [0.15, 0.2) is 0 Å². The molecule has 0 saturated heterocycles. The van der Waals surface area contributed by atoms with Gasteiger partial charge in [-0.3, -0.25) is 9.63 Å². The molecule has 0 aliphatic carbocycles. The van der Waals surface area contributed by atoms with E-state index >= 15 is 0 Å². The third-order valence-electron chi connectivity index (χ3n) is 1.97.